The minimum absolute atomic E-state index is 0.287. The second-order valence-corrected chi connectivity index (χ2v) is 8.75. The fraction of sp³-hybridized carbons (Fsp3) is 0.789. The highest BCUT2D eigenvalue weighted by atomic mass is 32.2. The molecule has 0 aliphatic carbocycles. The van der Waals surface area contributed by atoms with E-state index >= 15 is 0 Å². The predicted molar refractivity (Wildman–Crippen MR) is 105 cm³/mol. The molecule has 1 rings (SSSR count). The molecule has 0 radical (unpaired) electrons. The molecule has 0 aliphatic heterocycles. The van der Waals surface area contributed by atoms with Crippen LogP contribution in [-0.4, -0.2) is 29.9 Å². The van der Waals surface area contributed by atoms with Crippen molar-refractivity contribution in [2.75, 3.05) is 5.75 Å². The monoisotopic (exact) mass is 356 g/mol. The number of unbranched alkanes of at least 4 members (excludes halogenated alkanes) is 9. The topological polar surface area (TPSA) is 55.1 Å². The first-order valence-corrected chi connectivity index (χ1v) is 11.5. The Morgan fingerprint density at radius 2 is 1.67 bits per heavy atom. The van der Waals surface area contributed by atoms with Gasteiger partial charge in [-0.05, 0) is 25.1 Å². The third-order valence-corrected chi connectivity index (χ3v) is 5.34. The summed E-state index contributed by atoms with van der Waals surface area (Å²) in [6.07, 6.45) is 18.6. The average Bonchev–Trinajstić information content (AvgIpc) is 2.96. The molecule has 4 nitrogen and oxygen atoms in total. The summed E-state index contributed by atoms with van der Waals surface area (Å²) in [5.41, 5.74) is 0. The summed E-state index contributed by atoms with van der Waals surface area (Å²) in [5, 5.41) is 0. The molecule has 0 aromatic carbocycles. The molecule has 1 N–H and O–H groups in total. The number of rotatable bonds is 15. The van der Waals surface area contributed by atoms with Gasteiger partial charge in [0.05, 0.1) is 9.80 Å². The Labute approximate surface area is 148 Å². The Kier molecular flexibility index (Phi) is 11.1. The number of hydrogen-bond donors (Lipinski definition) is 1. The van der Waals surface area contributed by atoms with E-state index in [-0.39, 0.29) is 5.75 Å². The summed E-state index contributed by atoms with van der Waals surface area (Å²) in [6, 6.07) is 0. The van der Waals surface area contributed by atoms with Gasteiger partial charge in [-0.2, -0.15) is 0 Å². The van der Waals surface area contributed by atoms with Crippen molar-refractivity contribution < 1.29 is 8.76 Å². The zero-order valence-corrected chi connectivity index (χ0v) is 16.2. The summed E-state index contributed by atoms with van der Waals surface area (Å²) < 4.78 is 22.5. The van der Waals surface area contributed by atoms with E-state index in [0.717, 1.165) is 31.6 Å². The number of aromatic nitrogens is 2. The second-order valence-electron chi connectivity index (χ2n) is 6.80. The van der Waals surface area contributed by atoms with Gasteiger partial charge in [-0.25, -0.2) is 9.19 Å². The van der Waals surface area contributed by atoms with Crippen LogP contribution >= 0.6 is 0 Å². The minimum atomic E-state index is -2.83. The summed E-state index contributed by atoms with van der Waals surface area (Å²) in [4.78, 5) is 4.46. The Bertz CT molecular complexity index is 523. The molecule has 0 amide bonds. The molecule has 0 bridgehead atoms. The van der Waals surface area contributed by atoms with Gasteiger partial charge in [-0.3, -0.25) is 0 Å². The van der Waals surface area contributed by atoms with Crippen LogP contribution in [0.5, 0.6) is 0 Å². The normalized spacial score (nSPS) is 13.9. The number of aryl methyl sites for hydroxylation is 2. The van der Waals surface area contributed by atoms with Gasteiger partial charge in [0.15, 0.2) is 0 Å². The quantitative estimate of drug-likeness (QED) is 0.358. The number of imidazole rings is 1. The highest BCUT2D eigenvalue weighted by Crippen LogP contribution is 2.12. The smallest absolute Gasteiger partial charge is 0.108 e. The van der Waals surface area contributed by atoms with Gasteiger partial charge < -0.3 is 9.12 Å². The van der Waals surface area contributed by atoms with E-state index in [1.807, 2.05) is 12.4 Å². The van der Waals surface area contributed by atoms with Crippen LogP contribution < -0.4 is 0 Å². The zero-order valence-electron chi connectivity index (χ0n) is 15.4. The lowest BCUT2D eigenvalue weighted by Crippen LogP contribution is -2.07. The highest BCUT2D eigenvalue weighted by molar-refractivity contribution is 7.95. The van der Waals surface area contributed by atoms with Crippen LogP contribution in [0.25, 0.3) is 0 Å². The summed E-state index contributed by atoms with van der Waals surface area (Å²) in [7, 11) is -2.83. The van der Waals surface area contributed by atoms with Gasteiger partial charge in [0.25, 0.3) is 0 Å². The van der Waals surface area contributed by atoms with E-state index < -0.39 is 9.80 Å². The first-order chi connectivity index (χ1) is 11.5. The van der Waals surface area contributed by atoms with E-state index in [9.17, 15) is 8.76 Å². The molecule has 1 heterocycles. The third kappa shape index (κ3) is 10.9. The van der Waals surface area contributed by atoms with Gasteiger partial charge >= 0.3 is 0 Å². The maximum Gasteiger partial charge on any atom is 0.108 e. The van der Waals surface area contributed by atoms with Gasteiger partial charge in [-0.1, -0.05) is 58.3 Å². The van der Waals surface area contributed by atoms with Crippen LogP contribution in [-0.2, 0) is 22.8 Å². The highest BCUT2D eigenvalue weighted by Gasteiger charge is 2.04. The van der Waals surface area contributed by atoms with Gasteiger partial charge in [0, 0.05) is 31.1 Å². The fourth-order valence-corrected chi connectivity index (χ4v) is 3.63. The van der Waals surface area contributed by atoms with Crippen LogP contribution in [0.15, 0.2) is 12.4 Å². The van der Waals surface area contributed by atoms with Crippen molar-refractivity contribution in [1.82, 2.24) is 9.55 Å². The number of hydrogen-bond acceptors (Lipinski definition) is 2. The zero-order chi connectivity index (χ0) is 17.7. The van der Waals surface area contributed by atoms with Crippen LogP contribution in [0.2, 0.25) is 0 Å². The molecule has 0 spiro atoms. The van der Waals surface area contributed by atoms with Crippen molar-refractivity contribution in [1.29, 1.82) is 0 Å². The lowest BCUT2D eigenvalue weighted by molar-refractivity contribution is 0.541. The first kappa shape index (κ1) is 21.2. The van der Waals surface area contributed by atoms with Crippen molar-refractivity contribution in [3.05, 3.63) is 18.2 Å². The molecule has 1 aromatic rings. The third-order valence-electron chi connectivity index (χ3n) is 4.42. The summed E-state index contributed by atoms with van der Waals surface area (Å²) in [5.74, 6) is 4.71. The van der Waals surface area contributed by atoms with E-state index in [4.69, 9.17) is 0 Å². The van der Waals surface area contributed by atoms with Crippen molar-refractivity contribution >= 4 is 15.7 Å². The Morgan fingerprint density at radius 3 is 2.29 bits per heavy atom. The Hall–Kier alpha value is -0.810. The maximum atomic E-state index is 11.1. The van der Waals surface area contributed by atoms with Crippen LogP contribution in [0, 0.1) is 0 Å². The fourth-order valence-electron chi connectivity index (χ4n) is 2.98. The molecule has 24 heavy (non-hydrogen) atoms. The Balaban J connectivity index is 2.08. The van der Waals surface area contributed by atoms with Gasteiger partial charge in [0.2, 0.25) is 0 Å². The summed E-state index contributed by atoms with van der Waals surface area (Å²) >= 11 is 0. The van der Waals surface area contributed by atoms with Crippen molar-refractivity contribution in [3.8, 4) is 0 Å². The van der Waals surface area contributed by atoms with E-state index in [1.54, 1.807) is 0 Å². The minimum Gasteiger partial charge on any atom is -0.335 e. The standard InChI is InChI=1S/C19H36N2O2S/c1-3-4-5-6-7-8-9-10-11-14-19-20-15-17-21(19)16-12-13-18-24(2,22)23/h15,17H,2-14,16,18H2,1H3,(H,22,23). The van der Waals surface area contributed by atoms with E-state index in [1.165, 1.54) is 57.8 Å². The number of nitrogens with zero attached hydrogens (tertiary/aromatic N) is 2. The van der Waals surface area contributed by atoms with Crippen molar-refractivity contribution in [3.63, 3.8) is 0 Å². The molecule has 0 saturated carbocycles. The molecule has 1 atom stereocenters. The lowest BCUT2D eigenvalue weighted by atomic mass is 10.1. The molecule has 1 aromatic heterocycles. The first-order valence-electron chi connectivity index (χ1n) is 9.60. The summed E-state index contributed by atoms with van der Waals surface area (Å²) in [6.45, 7) is 3.14. The SMILES string of the molecule is C=S(=O)(O)CCCCn1ccnc1CCCCCCCCCCC. The molecule has 0 saturated heterocycles. The second kappa shape index (κ2) is 12.5. The largest absolute Gasteiger partial charge is 0.335 e. The van der Waals surface area contributed by atoms with Crippen molar-refractivity contribution in [2.45, 2.75) is 90.5 Å². The maximum absolute atomic E-state index is 11.1. The van der Waals surface area contributed by atoms with E-state index in [2.05, 4.69) is 22.3 Å². The molecule has 0 aliphatic rings. The molecule has 5 heteroatoms. The molecule has 0 fully saturated rings. The lowest BCUT2D eigenvalue weighted by Gasteiger charge is -2.08. The molecular weight excluding hydrogens is 320 g/mol. The average molecular weight is 357 g/mol. The van der Waals surface area contributed by atoms with Crippen LogP contribution in [0.1, 0.15) is 83.4 Å². The van der Waals surface area contributed by atoms with Gasteiger partial charge in [-0.15, -0.1) is 0 Å². The van der Waals surface area contributed by atoms with Crippen molar-refractivity contribution in [2.24, 2.45) is 0 Å². The molecular formula is C19H36N2O2S. The van der Waals surface area contributed by atoms with Crippen LogP contribution in [0.4, 0.5) is 0 Å². The van der Waals surface area contributed by atoms with Crippen LogP contribution in [0.3, 0.4) is 0 Å². The molecule has 1 unspecified atom stereocenters. The van der Waals surface area contributed by atoms with E-state index in [0.29, 0.717) is 0 Å². The molecule has 140 valence electrons. The Morgan fingerprint density at radius 1 is 1.04 bits per heavy atom. The van der Waals surface area contributed by atoms with Gasteiger partial charge in [0.1, 0.15) is 5.82 Å². The predicted octanol–water partition coefficient (Wildman–Crippen LogP) is 4.93.